The van der Waals surface area contributed by atoms with E-state index in [4.69, 9.17) is 23.2 Å². The van der Waals surface area contributed by atoms with Crippen LogP contribution in [-0.2, 0) is 20.6 Å². The van der Waals surface area contributed by atoms with Gasteiger partial charge in [0.2, 0.25) is 15.9 Å². The Hall–Kier alpha value is -1.41. The lowest BCUT2D eigenvalue weighted by Crippen LogP contribution is -2.40. The number of aryl methyl sites for hydroxylation is 1. The van der Waals surface area contributed by atoms with Crippen molar-refractivity contribution in [3.63, 3.8) is 0 Å². The molecule has 0 heterocycles. The van der Waals surface area contributed by atoms with Crippen LogP contribution in [0.4, 0.5) is 5.69 Å². The van der Waals surface area contributed by atoms with E-state index in [1.807, 2.05) is 0 Å². The second-order valence-electron chi connectivity index (χ2n) is 6.58. The number of thioether (sulfide) groups is 1. The number of amides is 1. The van der Waals surface area contributed by atoms with Crippen molar-refractivity contribution in [2.45, 2.75) is 19.1 Å². The minimum absolute atomic E-state index is 0.0971. The largest absolute Gasteiger partial charge is 0.354 e. The SMILES string of the molecule is Cc1ccc(CSCCCNC(=O)CN(c2cccc(Cl)c2Cl)S(C)(=O)=O)cc1. The highest BCUT2D eigenvalue weighted by Gasteiger charge is 2.23. The first-order chi connectivity index (χ1) is 13.7. The summed E-state index contributed by atoms with van der Waals surface area (Å²) in [4.78, 5) is 12.3. The Labute approximate surface area is 186 Å². The van der Waals surface area contributed by atoms with E-state index >= 15 is 0 Å². The van der Waals surface area contributed by atoms with E-state index in [2.05, 4.69) is 36.5 Å². The van der Waals surface area contributed by atoms with Gasteiger partial charge in [-0.15, -0.1) is 0 Å². The molecular formula is C20H24Cl2N2O3S2. The molecule has 0 unspecified atom stereocenters. The van der Waals surface area contributed by atoms with Crippen molar-refractivity contribution in [1.29, 1.82) is 0 Å². The minimum Gasteiger partial charge on any atom is -0.354 e. The zero-order chi connectivity index (χ0) is 21.4. The quantitative estimate of drug-likeness (QED) is 0.514. The van der Waals surface area contributed by atoms with Crippen LogP contribution in [-0.4, -0.2) is 39.4 Å². The number of hydrogen-bond acceptors (Lipinski definition) is 4. The topological polar surface area (TPSA) is 66.5 Å². The van der Waals surface area contributed by atoms with E-state index in [1.165, 1.54) is 17.2 Å². The Kier molecular flexibility index (Phi) is 9.14. The molecular weight excluding hydrogens is 451 g/mol. The molecule has 0 saturated carbocycles. The van der Waals surface area contributed by atoms with Gasteiger partial charge >= 0.3 is 0 Å². The predicted octanol–water partition coefficient (Wildman–Crippen LogP) is 4.51. The van der Waals surface area contributed by atoms with Crippen molar-refractivity contribution >= 4 is 56.6 Å². The number of benzene rings is 2. The highest BCUT2D eigenvalue weighted by atomic mass is 35.5. The molecule has 0 aliphatic rings. The summed E-state index contributed by atoms with van der Waals surface area (Å²) in [6.45, 7) is 2.18. The Morgan fingerprint density at radius 3 is 2.48 bits per heavy atom. The number of halogens is 2. The molecule has 0 saturated heterocycles. The van der Waals surface area contributed by atoms with Gasteiger partial charge in [-0.3, -0.25) is 9.10 Å². The maximum absolute atomic E-state index is 12.3. The molecule has 1 amide bonds. The van der Waals surface area contributed by atoms with E-state index in [-0.39, 0.29) is 22.3 Å². The first-order valence-electron chi connectivity index (χ1n) is 9.00. The van der Waals surface area contributed by atoms with E-state index in [9.17, 15) is 13.2 Å². The number of carbonyl (C=O) groups excluding carboxylic acids is 1. The molecule has 0 radical (unpaired) electrons. The average Bonchev–Trinajstić information content (AvgIpc) is 2.66. The van der Waals surface area contributed by atoms with Gasteiger partial charge in [0.25, 0.3) is 0 Å². The molecule has 2 aromatic rings. The molecule has 5 nitrogen and oxygen atoms in total. The maximum Gasteiger partial charge on any atom is 0.240 e. The van der Waals surface area contributed by atoms with E-state index < -0.39 is 15.9 Å². The van der Waals surface area contributed by atoms with Crippen LogP contribution < -0.4 is 9.62 Å². The van der Waals surface area contributed by atoms with Gasteiger partial charge in [-0.25, -0.2) is 8.42 Å². The fourth-order valence-electron chi connectivity index (χ4n) is 2.53. The Morgan fingerprint density at radius 1 is 1.14 bits per heavy atom. The molecule has 2 rings (SSSR count). The van der Waals surface area contributed by atoms with Crippen molar-refractivity contribution in [2.75, 3.05) is 29.4 Å². The third kappa shape index (κ3) is 7.74. The third-order valence-electron chi connectivity index (χ3n) is 4.06. The van der Waals surface area contributed by atoms with Gasteiger partial charge in [-0.1, -0.05) is 59.1 Å². The number of anilines is 1. The summed E-state index contributed by atoms with van der Waals surface area (Å²) in [5.41, 5.74) is 2.70. The van der Waals surface area contributed by atoms with Gasteiger partial charge in [0, 0.05) is 12.3 Å². The zero-order valence-electron chi connectivity index (χ0n) is 16.3. The molecule has 0 spiro atoms. The molecule has 0 fully saturated rings. The number of sulfonamides is 1. The first-order valence-corrected chi connectivity index (χ1v) is 12.8. The first kappa shape index (κ1) is 23.9. The van der Waals surface area contributed by atoms with Gasteiger partial charge in [-0.05, 0) is 36.8 Å². The highest BCUT2D eigenvalue weighted by Crippen LogP contribution is 2.33. The van der Waals surface area contributed by atoms with Crippen molar-refractivity contribution in [1.82, 2.24) is 5.32 Å². The Balaban J connectivity index is 1.80. The standard InChI is InChI=1S/C20H24Cl2N2O3S2/c1-15-7-9-16(10-8-15)14-28-12-4-11-23-19(25)13-24(29(2,26)27)18-6-3-5-17(21)20(18)22/h3,5-10H,4,11-14H2,1-2H3,(H,23,25). The number of carbonyl (C=O) groups is 1. The summed E-state index contributed by atoms with van der Waals surface area (Å²) >= 11 is 13.9. The Bertz CT molecular complexity index is 935. The normalized spacial score (nSPS) is 11.3. The van der Waals surface area contributed by atoms with Crippen LogP contribution in [0.1, 0.15) is 17.5 Å². The fraction of sp³-hybridized carbons (Fsp3) is 0.350. The second-order valence-corrected chi connectivity index (χ2v) is 10.4. The van der Waals surface area contributed by atoms with Crippen molar-refractivity contribution in [3.8, 4) is 0 Å². The lowest BCUT2D eigenvalue weighted by Gasteiger charge is -2.23. The highest BCUT2D eigenvalue weighted by molar-refractivity contribution is 7.98. The van der Waals surface area contributed by atoms with Crippen LogP contribution in [0.25, 0.3) is 0 Å². The summed E-state index contributed by atoms with van der Waals surface area (Å²) in [5.74, 6) is 1.42. The van der Waals surface area contributed by atoms with Crippen LogP contribution in [0, 0.1) is 6.92 Å². The minimum atomic E-state index is -3.70. The molecule has 0 aromatic heterocycles. The molecule has 0 bridgehead atoms. The fourth-order valence-corrected chi connectivity index (χ4v) is 4.76. The van der Waals surface area contributed by atoms with Crippen LogP contribution in [0.15, 0.2) is 42.5 Å². The van der Waals surface area contributed by atoms with Crippen LogP contribution in [0.5, 0.6) is 0 Å². The number of nitrogens with one attached hydrogen (secondary N) is 1. The van der Waals surface area contributed by atoms with Gasteiger partial charge in [-0.2, -0.15) is 11.8 Å². The molecule has 158 valence electrons. The van der Waals surface area contributed by atoms with Gasteiger partial charge in [0.05, 0.1) is 22.0 Å². The van der Waals surface area contributed by atoms with Crippen LogP contribution >= 0.6 is 35.0 Å². The summed E-state index contributed by atoms with van der Waals surface area (Å²) in [6, 6.07) is 13.1. The second kappa shape index (κ2) is 11.1. The van der Waals surface area contributed by atoms with Crippen LogP contribution in [0.3, 0.4) is 0 Å². The lowest BCUT2D eigenvalue weighted by atomic mass is 10.2. The maximum atomic E-state index is 12.3. The summed E-state index contributed by atoms with van der Waals surface area (Å²) in [6.07, 6.45) is 1.82. The molecule has 0 aliphatic heterocycles. The van der Waals surface area contributed by atoms with Crippen molar-refractivity contribution in [3.05, 3.63) is 63.6 Å². The smallest absolute Gasteiger partial charge is 0.240 e. The molecule has 0 aliphatic carbocycles. The number of hydrogen-bond donors (Lipinski definition) is 1. The van der Waals surface area contributed by atoms with E-state index in [0.717, 1.165) is 28.5 Å². The van der Waals surface area contributed by atoms with Gasteiger partial charge < -0.3 is 5.32 Å². The zero-order valence-corrected chi connectivity index (χ0v) is 19.5. The van der Waals surface area contributed by atoms with Crippen molar-refractivity contribution in [2.24, 2.45) is 0 Å². The van der Waals surface area contributed by atoms with Crippen molar-refractivity contribution < 1.29 is 13.2 Å². The monoisotopic (exact) mass is 474 g/mol. The average molecular weight is 475 g/mol. The lowest BCUT2D eigenvalue weighted by molar-refractivity contribution is -0.119. The summed E-state index contributed by atoms with van der Waals surface area (Å²) in [5, 5.41) is 3.08. The Morgan fingerprint density at radius 2 is 1.83 bits per heavy atom. The molecule has 0 atom stereocenters. The summed E-state index contributed by atoms with van der Waals surface area (Å²) < 4.78 is 25.2. The molecule has 9 heteroatoms. The summed E-state index contributed by atoms with van der Waals surface area (Å²) in [7, 11) is -3.70. The molecule has 29 heavy (non-hydrogen) atoms. The van der Waals surface area contributed by atoms with Crippen LogP contribution in [0.2, 0.25) is 10.0 Å². The molecule has 2 aromatic carbocycles. The number of nitrogens with zero attached hydrogens (tertiary/aromatic N) is 1. The third-order valence-corrected chi connectivity index (χ3v) is 7.11. The van der Waals surface area contributed by atoms with E-state index in [1.54, 1.807) is 23.9 Å². The predicted molar refractivity (Wildman–Crippen MR) is 124 cm³/mol. The van der Waals surface area contributed by atoms with Gasteiger partial charge in [0.15, 0.2) is 0 Å². The van der Waals surface area contributed by atoms with E-state index in [0.29, 0.717) is 6.54 Å². The molecule has 1 N–H and O–H groups in total. The van der Waals surface area contributed by atoms with Gasteiger partial charge in [0.1, 0.15) is 6.54 Å². The number of rotatable bonds is 10.